The predicted molar refractivity (Wildman–Crippen MR) is 111 cm³/mol. The third kappa shape index (κ3) is 4.79. The van der Waals surface area contributed by atoms with Crippen molar-refractivity contribution < 1.29 is 17.9 Å². The zero-order chi connectivity index (χ0) is 21.0. The lowest BCUT2D eigenvalue weighted by Gasteiger charge is -2.34. The molecule has 0 aliphatic carbocycles. The van der Waals surface area contributed by atoms with E-state index in [2.05, 4.69) is 14.9 Å². The maximum absolute atomic E-state index is 13.0. The summed E-state index contributed by atoms with van der Waals surface area (Å²) in [4.78, 5) is 11.2. The number of sulfonamides is 1. The highest BCUT2D eigenvalue weighted by Gasteiger charge is 2.29. The molecule has 1 aromatic carbocycles. The summed E-state index contributed by atoms with van der Waals surface area (Å²) in [6.45, 7) is 8.20. The topological polar surface area (TPSA) is 84.9 Å². The van der Waals surface area contributed by atoms with Gasteiger partial charge in [-0.15, -0.1) is 0 Å². The Labute approximate surface area is 172 Å². The Morgan fingerprint density at radius 3 is 2.41 bits per heavy atom. The molecule has 158 valence electrons. The van der Waals surface area contributed by atoms with Crippen LogP contribution in [0.15, 0.2) is 29.2 Å². The third-order valence-corrected chi connectivity index (χ3v) is 6.72. The Bertz CT molecular complexity index is 957. The summed E-state index contributed by atoms with van der Waals surface area (Å²) in [6.07, 6.45) is 0.903. The molecule has 1 fully saturated rings. The summed E-state index contributed by atoms with van der Waals surface area (Å²) in [5, 5.41) is 0. The quantitative estimate of drug-likeness (QED) is 0.680. The number of aryl methyl sites for hydroxylation is 2. The summed E-state index contributed by atoms with van der Waals surface area (Å²) >= 11 is 0. The van der Waals surface area contributed by atoms with Crippen molar-refractivity contribution in [2.45, 2.75) is 32.1 Å². The van der Waals surface area contributed by atoms with Crippen LogP contribution < -0.4 is 14.4 Å². The molecule has 0 bridgehead atoms. The Balaban J connectivity index is 1.71. The third-order valence-electron chi connectivity index (χ3n) is 4.82. The maximum Gasteiger partial charge on any atom is 0.243 e. The molecule has 0 atom stereocenters. The van der Waals surface area contributed by atoms with E-state index in [1.54, 1.807) is 25.3 Å². The molecule has 2 heterocycles. The fraction of sp³-hybridized carbons (Fsp3) is 0.500. The molecule has 9 heteroatoms. The van der Waals surface area contributed by atoms with Crippen molar-refractivity contribution in [2.24, 2.45) is 0 Å². The Hall–Kier alpha value is -2.39. The van der Waals surface area contributed by atoms with E-state index in [0.29, 0.717) is 50.2 Å². The van der Waals surface area contributed by atoms with Crippen LogP contribution in [0.3, 0.4) is 0 Å². The van der Waals surface area contributed by atoms with Crippen LogP contribution in [-0.2, 0) is 10.0 Å². The summed E-state index contributed by atoms with van der Waals surface area (Å²) in [6, 6.07) is 6.77. The van der Waals surface area contributed by atoms with Gasteiger partial charge in [0.15, 0.2) is 0 Å². The van der Waals surface area contributed by atoms with Crippen LogP contribution in [0.25, 0.3) is 0 Å². The van der Waals surface area contributed by atoms with Crippen LogP contribution in [0.1, 0.15) is 24.7 Å². The molecule has 0 unspecified atom stereocenters. The zero-order valence-electron chi connectivity index (χ0n) is 17.4. The number of nitrogens with zero attached hydrogens (tertiary/aromatic N) is 4. The summed E-state index contributed by atoms with van der Waals surface area (Å²) in [5.41, 5.74) is 0.795. The minimum Gasteiger partial charge on any atom is -0.496 e. The van der Waals surface area contributed by atoms with Crippen LogP contribution in [0, 0.1) is 13.8 Å². The van der Waals surface area contributed by atoms with Crippen molar-refractivity contribution in [3.05, 3.63) is 35.7 Å². The minimum absolute atomic E-state index is 0.289. The molecule has 2 aromatic rings. The van der Waals surface area contributed by atoms with E-state index in [1.165, 1.54) is 4.31 Å². The minimum atomic E-state index is -3.55. The molecule has 29 heavy (non-hydrogen) atoms. The standard InChI is InChI=1S/C20H28N4O4S/c1-5-12-28-20-14-19(21-16(3)22-20)23-8-10-24(11-9-23)29(25,26)17-6-7-18(27-4)15(2)13-17/h6-7,13-14H,5,8-12H2,1-4H3. The molecule has 0 amide bonds. The van der Waals surface area contributed by atoms with Crippen LogP contribution in [0.2, 0.25) is 0 Å². The first kappa shape index (κ1) is 21.3. The molecule has 1 aliphatic rings. The molecular weight excluding hydrogens is 392 g/mol. The van der Waals surface area contributed by atoms with Gasteiger partial charge in [0.2, 0.25) is 15.9 Å². The van der Waals surface area contributed by atoms with Crippen molar-refractivity contribution in [2.75, 3.05) is 44.8 Å². The first-order valence-electron chi connectivity index (χ1n) is 9.73. The molecule has 1 aromatic heterocycles. The lowest BCUT2D eigenvalue weighted by Crippen LogP contribution is -2.49. The lowest BCUT2D eigenvalue weighted by atomic mass is 10.2. The van der Waals surface area contributed by atoms with Gasteiger partial charge >= 0.3 is 0 Å². The second-order valence-corrected chi connectivity index (χ2v) is 8.92. The molecule has 1 aliphatic heterocycles. The van der Waals surface area contributed by atoms with Crippen LogP contribution in [0.5, 0.6) is 11.6 Å². The van der Waals surface area contributed by atoms with Crippen molar-refractivity contribution in [3.8, 4) is 11.6 Å². The van der Waals surface area contributed by atoms with E-state index >= 15 is 0 Å². The second kappa shape index (κ2) is 8.96. The number of benzene rings is 1. The summed E-state index contributed by atoms with van der Waals surface area (Å²) in [7, 11) is -1.98. The van der Waals surface area contributed by atoms with Gasteiger partial charge in [0.05, 0.1) is 18.6 Å². The van der Waals surface area contributed by atoms with Crippen molar-refractivity contribution >= 4 is 15.8 Å². The Morgan fingerprint density at radius 2 is 1.79 bits per heavy atom. The summed E-state index contributed by atoms with van der Waals surface area (Å²) in [5.74, 6) is 2.63. The molecule has 3 rings (SSSR count). The van der Waals surface area contributed by atoms with Crippen LogP contribution in [0.4, 0.5) is 5.82 Å². The van der Waals surface area contributed by atoms with Gasteiger partial charge in [-0.2, -0.15) is 9.29 Å². The van der Waals surface area contributed by atoms with Gasteiger partial charge in [-0.25, -0.2) is 13.4 Å². The number of hydrogen-bond donors (Lipinski definition) is 0. The van der Waals surface area contributed by atoms with E-state index in [1.807, 2.05) is 26.8 Å². The van der Waals surface area contributed by atoms with Crippen LogP contribution >= 0.6 is 0 Å². The molecule has 1 saturated heterocycles. The van der Waals surface area contributed by atoms with E-state index < -0.39 is 10.0 Å². The largest absolute Gasteiger partial charge is 0.496 e. The molecule has 0 spiro atoms. The average Bonchev–Trinajstić information content (AvgIpc) is 2.72. The van der Waals surface area contributed by atoms with Gasteiger partial charge in [0, 0.05) is 32.2 Å². The van der Waals surface area contributed by atoms with Gasteiger partial charge in [0.25, 0.3) is 0 Å². The van der Waals surface area contributed by atoms with E-state index in [9.17, 15) is 8.42 Å². The second-order valence-electron chi connectivity index (χ2n) is 6.98. The number of aromatic nitrogens is 2. The van der Waals surface area contributed by atoms with Crippen molar-refractivity contribution in [1.82, 2.24) is 14.3 Å². The monoisotopic (exact) mass is 420 g/mol. The highest BCUT2D eigenvalue weighted by molar-refractivity contribution is 7.89. The van der Waals surface area contributed by atoms with Gasteiger partial charge < -0.3 is 14.4 Å². The molecule has 0 N–H and O–H groups in total. The van der Waals surface area contributed by atoms with Crippen LogP contribution in [-0.4, -0.2) is 62.6 Å². The molecular formula is C20H28N4O4S. The Kier molecular flexibility index (Phi) is 6.59. The number of methoxy groups -OCH3 is 1. The van der Waals surface area contributed by atoms with Gasteiger partial charge in [-0.05, 0) is 44.0 Å². The summed E-state index contributed by atoms with van der Waals surface area (Å²) < 4.78 is 38.4. The number of piperazine rings is 1. The van der Waals surface area contributed by atoms with Gasteiger partial charge in [0.1, 0.15) is 17.4 Å². The van der Waals surface area contributed by atoms with Gasteiger partial charge in [-0.3, -0.25) is 0 Å². The normalized spacial score (nSPS) is 15.4. The lowest BCUT2D eigenvalue weighted by molar-refractivity contribution is 0.303. The van der Waals surface area contributed by atoms with E-state index in [4.69, 9.17) is 9.47 Å². The fourth-order valence-corrected chi connectivity index (χ4v) is 4.79. The first-order valence-corrected chi connectivity index (χ1v) is 11.2. The molecule has 0 radical (unpaired) electrons. The van der Waals surface area contributed by atoms with Crippen molar-refractivity contribution in [1.29, 1.82) is 0 Å². The maximum atomic E-state index is 13.0. The predicted octanol–water partition coefficient (Wildman–Crippen LogP) is 2.40. The van der Waals surface area contributed by atoms with E-state index in [0.717, 1.165) is 17.8 Å². The highest BCUT2D eigenvalue weighted by Crippen LogP contribution is 2.26. The fourth-order valence-electron chi connectivity index (χ4n) is 3.29. The SMILES string of the molecule is CCCOc1cc(N2CCN(S(=O)(=O)c3ccc(OC)c(C)c3)CC2)nc(C)n1. The Morgan fingerprint density at radius 1 is 1.07 bits per heavy atom. The average molecular weight is 421 g/mol. The smallest absolute Gasteiger partial charge is 0.243 e. The van der Waals surface area contributed by atoms with Crippen molar-refractivity contribution in [3.63, 3.8) is 0 Å². The van der Waals surface area contributed by atoms with E-state index in [-0.39, 0.29) is 4.90 Å². The highest BCUT2D eigenvalue weighted by atomic mass is 32.2. The number of anilines is 1. The molecule has 8 nitrogen and oxygen atoms in total. The van der Waals surface area contributed by atoms with Gasteiger partial charge in [-0.1, -0.05) is 6.92 Å². The number of ether oxygens (including phenoxy) is 2. The number of hydrogen-bond acceptors (Lipinski definition) is 7. The first-order chi connectivity index (χ1) is 13.8. The zero-order valence-corrected chi connectivity index (χ0v) is 18.2. The number of rotatable bonds is 7. The molecule has 0 saturated carbocycles.